The van der Waals surface area contributed by atoms with Crippen molar-refractivity contribution in [3.63, 3.8) is 0 Å². The molecule has 4 aromatic rings. The van der Waals surface area contributed by atoms with E-state index in [0.717, 1.165) is 0 Å². The normalized spacial score (nSPS) is 10.7. The van der Waals surface area contributed by atoms with Crippen molar-refractivity contribution in [3.8, 4) is 11.4 Å². The first-order valence-electron chi connectivity index (χ1n) is 8.78. The Morgan fingerprint density at radius 3 is 2.69 bits per heavy atom. The molecule has 0 unspecified atom stereocenters. The van der Waals surface area contributed by atoms with Crippen molar-refractivity contribution < 1.29 is 13.9 Å². The van der Waals surface area contributed by atoms with Gasteiger partial charge < -0.3 is 10.1 Å². The van der Waals surface area contributed by atoms with E-state index in [-0.39, 0.29) is 16.8 Å². The topological polar surface area (TPSA) is 73.2 Å². The first-order valence-corrected chi connectivity index (χ1v) is 8.78. The lowest BCUT2D eigenvalue weighted by atomic mass is 10.1. The van der Waals surface area contributed by atoms with E-state index in [4.69, 9.17) is 4.74 Å². The average Bonchev–Trinajstić information content (AvgIpc) is 2.75. The minimum absolute atomic E-state index is 0.0824. The van der Waals surface area contributed by atoms with Gasteiger partial charge in [0.15, 0.2) is 0 Å². The molecule has 3 aromatic carbocycles. The van der Waals surface area contributed by atoms with E-state index in [1.165, 1.54) is 47.3 Å². The van der Waals surface area contributed by atoms with Crippen LogP contribution in [0.4, 0.5) is 10.1 Å². The van der Waals surface area contributed by atoms with Crippen molar-refractivity contribution in [1.82, 2.24) is 9.55 Å². The Bertz CT molecular complexity index is 1280. The van der Waals surface area contributed by atoms with E-state index < -0.39 is 11.7 Å². The summed E-state index contributed by atoms with van der Waals surface area (Å²) >= 11 is 0. The van der Waals surface area contributed by atoms with Gasteiger partial charge in [0.05, 0.1) is 29.4 Å². The number of carbonyl (C=O) groups excluding carboxylic acids is 1. The third-order valence-corrected chi connectivity index (χ3v) is 4.47. The zero-order valence-corrected chi connectivity index (χ0v) is 15.4. The summed E-state index contributed by atoms with van der Waals surface area (Å²) in [5, 5.41) is 2.88. The molecule has 0 bridgehead atoms. The highest BCUT2D eigenvalue weighted by molar-refractivity contribution is 6.06. The Kier molecular flexibility index (Phi) is 4.78. The van der Waals surface area contributed by atoms with Crippen LogP contribution in [0.1, 0.15) is 10.4 Å². The Balaban J connectivity index is 1.70. The second kappa shape index (κ2) is 7.55. The number of hydrogen-bond donors (Lipinski definition) is 1. The van der Waals surface area contributed by atoms with Gasteiger partial charge in [-0.05, 0) is 42.5 Å². The van der Waals surface area contributed by atoms with Gasteiger partial charge in [-0.3, -0.25) is 14.2 Å². The second-order valence-corrected chi connectivity index (χ2v) is 6.29. The lowest BCUT2D eigenvalue weighted by Gasteiger charge is -2.09. The van der Waals surface area contributed by atoms with Crippen LogP contribution >= 0.6 is 0 Å². The summed E-state index contributed by atoms with van der Waals surface area (Å²) in [6, 6.07) is 17.5. The molecule has 1 aromatic heterocycles. The lowest BCUT2D eigenvalue weighted by Crippen LogP contribution is -2.19. The summed E-state index contributed by atoms with van der Waals surface area (Å²) in [6.07, 6.45) is 1.40. The Morgan fingerprint density at radius 2 is 1.90 bits per heavy atom. The monoisotopic (exact) mass is 389 g/mol. The molecule has 7 heteroatoms. The van der Waals surface area contributed by atoms with Crippen molar-refractivity contribution in [2.45, 2.75) is 0 Å². The number of halogens is 1. The zero-order valence-electron chi connectivity index (χ0n) is 15.4. The number of amides is 1. The van der Waals surface area contributed by atoms with Crippen LogP contribution in [0.3, 0.4) is 0 Å². The summed E-state index contributed by atoms with van der Waals surface area (Å²) < 4.78 is 20.4. The Morgan fingerprint density at radius 1 is 1.07 bits per heavy atom. The van der Waals surface area contributed by atoms with Gasteiger partial charge in [-0.1, -0.05) is 18.2 Å². The van der Waals surface area contributed by atoms with Crippen molar-refractivity contribution in [2.75, 3.05) is 12.4 Å². The van der Waals surface area contributed by atoms with Gasteiger partial charge in [0.1, 0.15) is 17.9 Å². The molecule has 0 aliphatic carbocycles. The predicted octanol–water partition coefficient (Wildman–Crippen LogP) is 3.79. The molecule has 0 radical (unpaired) electrons. The molecule has 0 saturated heterocycles. The van der Waals surface area contributed by atoms with Gasteiger partial charge in [0, 0.05) is 11.6 Å². The van der Waals surface area contributed by atoms with Crippen molar-refractivity contribution in [1.29, 1.82) is 0 Å². The molecule has 0 aliphatic heterocycles. The predicted molar refractivity (Wildman–Crippen MR) is 108 cm³/mol. The SMILES string of the molecule is COc1cccc(-n2cnc3cc(C(=O)Nc4ccccc4F)ccc3c2=O)c1. The Labute approximate surface area is 165 Å². The number of rotatable bonds is 4. The molecule has 144 valence electrons. The number of ether oxygens (including phenoxy) is 1. The minimum Gasteiger partial charge on any atom is -0.497 e. The largest absolute Gasteiger partial charge is 0.497 e. The average molecular weight is 389 g/mol. The van der Waals surface area contributed by atoms with Crippen LogP contribution in [0, 0.1) is 5.82 Å². The second-order valence-electron chi connectivity index (χ2n) is 6.29. The summed E-state index contributed by atoms with van der Waals surface area (Å²) in [4.78, 5) is 29.6. The van der Waals surface area contributed by atoms with Gasteiger partial charge >= 0.3 is 0 Å². The summed E-state index contributed by atoms with van der Waals surface area (Å²) in [5.41, 5.74) is 1.07. The number of nitrogens with one attached hydrogen (secondary N) is 1. The van der Waals surface area contributed by atoms with Gasteiger partial charge in [-0.2, -0.15) is 0 Å². The third kappa shape index (κ3) is 3.58. The van der Waals surface area contributed by atoms with Crippen LogP contribution in [-0.4, -0.2) is 22.6 Å². The number of para-hydroxylation sites is 1. The van der Waals surface area contributed by atoms with Gasteiger partial charge in [0.25, 0.3) is 11.5 Å². The number of anilines is 1. The molecule has 0 saturated carbocycles. The standard InChI is InChI=1S/C22H16FN3O3/c1-29-16-6-4-5-15(12-16)26-13-24-20-11-14(9-10-17(20)22(26)28)21(27)25-19-8-3-2-7-18(19)23/h2-13H,1H3,(H,25,27). The maximum Gasteiger partial charge on any atom is 0.265 e. The van der Waals surface area contributed by atoms with E-state index >= 15 is 0 Å². The number of benzene rings is 3. The summed E-state index contributed by atoms with van der Waals surface area (Å²) in [5.74, 6) is -0.397. The number of carbonyl (C=O) groups is 1. The molecule has 0 fully saturated rings. The highest BCUT2D eigenvalue weighted by Crippen LogP contribution is 2.18. The number of aromatic nitrogens is 2. The molecule has 0 aliphatic rings. The number of nitrogens with zero attached hydrogens (tertiary/aromatic N) is 2. The quantitative estimate of drug-likeness (QED) is 0.576. The van der Waals surface area contributed by atoms with Crippen LogP contribution in [-0.2, 0) is 0 Å². The van der Waals surface area contributed by atoms with E-state index in [0.29, 0.717) is 22.3 Å². The number of hydrogen-bond acceptors (Lipinski definition) is 4. The Hall–Kier alpha value is -4.00. The fourth-order valence-corrected chi connectivity index (χ4v) is 2.96. The van der Waals surface area contributed by atoms with E-state index in [1.807, 2.05) is 0 Å². The molecule has 0 spiro atoms. The number of fused-ring (bicyclic) bond motifs is 1. The van der Waals surface area contributed by atoms with E-state index in [9.17, 15) is 14.0 Å². The van der Waals surface area contributed by atoms with Crippen molar-refractivity contribution >= 4 is 22.5 Å². The molecule has 4 rings (SSSR count). The highest BCUT2D eigenvalue weighted by atomic mass is 19.1. The molecule has 1 amide bonds. The van der Waals surface area contributed by atoms with Crippen molar-refractivity contribution in [2.24, 2.45) is 0 Å². The molecular formula is C22H16FN3O3. The van der Waals surface area contributed by atoms with E-state index in [1.54, 1.807) is 37.4 Å². The minimum atomic E-state index is -0.527. The fourth-order valence-electron chi connectivity index (χ4n) is 2.96. The maximum absolute atomic E-state index is 13.8. The number of methoxy groups -OCH3 is 1. The summed E-state index contributed by atoms with van der Waals surface area (Å²) in [6.45, 7) is 0. The highest BCUT2D eigenvalue weighted by Gasteiger charge is 2.12. The van der Waals surface area contributed by atoms with Crippen LogP contribution < -0.4 is 15.6 Å². The van der Waals surface area contributed by atoms with Gasteiger partial charge in [0.2, 0.25) is 0 Å². The molecule has 1 N–H and O–H groups in total. The molecule has 29 heavy (non-hydrogen) atoms. The molecule has 0 atom stereocenters. The van der Waals surface area contributed by atoms with Crippen molar-refractivity contribution in [3.05, 3.63) is 94.8 Å². The van der Waals surface area contributed by atoms with Gasteiger partial charge in [-0.25, -0.2) is 9.37 Å². The van der Waals surface area contributed by atoms with Crippen LogP contribution in [0.5, 0.6) is 5.75 Å². The molecular weight excluding hydrogens is 373 g/mol. The molecule has 6 nitrogen and oxygen atoms in total. The lowest BCUT2D eigenvalue weighted by molar-refractivity contribution is 0.102. The molecule has 1 heterocycles. The summed E-state index contributed by atoms with van der Waals surface area (Å²) in [7, 11) is 1.55. The third-order valence-electron chi connectivity index (χ3n) is 4.47. The first-order chi connectivity index (χ1) is 14.1. The fraction of sp³-hybridized carbons (Fsp3) is 0.0455. The van der Waals surface area contributed by atoms with E-state index in [2.05, 4.69) is 10.3 Å². The smallest absolute Gasteiger partial charge is 0.265 e. The van der Waals surface area contributed by atoms with Crippen LogP contribution in [0.2, 0.25) is 0 Å². The van der Waals surface area contributed by atoms with Crippen LogP contribution in [0.25, 0.3) is 16.6 Å². The van der Waals surface area contributed by atoms with Gasteiger partial charge in [-0.15, -0.1) is 0 Å². The van der Waals surface area contributed by atoms with Crippen LogP contribution in [0.15, 0.2) is 77.9 Å². The maximum atomic E-state index is 13.8. The first kappa shape index (κ1) is 18.4. The zero-order chi connectivity index (χ0) is 20.4.